The maximum Gasteiger partial charge on any atom is 0.326 e. The van der Waals surface area contributed by atoms with E-state index in [4.69, 9.17) is 5.73 Å². The fourth-order valence-electron chi connectivity index (χ4n) is 3.33. The molecule has 160 valence electrons. The van der Waals surface area contributed by atoms with Crippen LogP contribution in [0.1, 0.15) is 24.0 Å². The van der Waals surface area contributed by atoms with Crippen molar-refractivity contribution in [3.63, 3.8) is 0 Å². The van der Waals surface area contributed by atoms with Crippen LogP contribution in [-0.2, 0) is 27.3 Å². The molecule has 2 amide bonds. The third-order valence-corrected chi connectivity index (χ3v) is 6.30. The number of carboxylic acids is 1. The third-order valence-electron chi connectivity index (χ3n) is 5.01. The van der Waals surface area contributed by atoms with E-state index in [1.165, 1.54) is 16.7 Å². The lowest BCUT2D eigenvalue weighted by atomic mass is 9.92. The smallest absolute Gasteiger partial charge is 0.326 e. The van der Waals surface area contributed by atoms with E-state index in [1.54, 1.807) is 11.8 Å². The summed E-state index contributed by atoms with van der Waals surface area (Å²) in [7, 11) is 0. The zero-order valence-electron chi connectivity index (χ0n) is 16.8. The quantitative estimate of drug-likeness (QED) is 0.504. The predicted molar refractivity (Wildman–Crippen MR) is 118 cm³/mol. The van der Waals surface area contributed by atoms with Crippen molar-refractivity contribution >= 4 is 41.3 Å². The van der Waals surface area contributed by atoms with Crippen LogP contribution >= 0.6 is 23.5 Å². The monoisotopic (exact) mass is 439 g/mol. The van der Waals surface area contributed by atoms with Gasteiger partial charge in [-0.05, 0) is 48.0 Å². The van der Waals surface area contributed by atoms with E-state index in [0.29, 0.717) is 31.6 Å². The molecule has 7 nitrogen and oxygen atoms in total. The van der Waals surface area contributed by atoms with Gasteiger partial charge in [-0.15, -0.1) is 0 Å². The summed E-state index contributed by atoms with van der Waals surface area (Å²) in [6, 6.07) is 5.24. The molecule has 4 N–H and O–H groups in total. The number of fused-ring (bicyclic) bond motifs is 1. The normalized spacial score (nSPS) is 17.9. The van der Waals surface area contributed by atoms with Crippen molar-refractivity contribution < 1.29 is 19.5 Å². The molecule has 0 aliphatic carbocycles. The van der Waals surface area contributed by atoms with Gasteiger partial charge in [0, 0.05) is 13.0 Å². The Morgan fingerprint density at radius 3 is 2.41 bits per heavy atom. The predicted octanol–water partition coefficient (Wildman–Crippen LogP) is 1.34. The van der Waals surface area contributed by atoms with Crippen molar-refractivity contribution in [3.05, 3.63) is 35.4 Å². The number of rotatable bonds is 10. The summed E-state index contributed by atoms with van der Waals surface area (Å²) in [4.78, 5) is 39.1. The first-order valence-electron chi connectivity index (χ1n) is 9.53. The van der Waals surface area contributed by atoms with Crippen molar-refractivity contribution in [3.8, 4) is 0 Å². The highest BCUT2D eigenvalue weighted by Crippen LogP contribution is 2.24. The van der Waals surface area contributed by atoms with Crippen LogP contribution in [0.25, 0.3) is 0 Å². The van der Waals surface area contributed by atoms with E-state index in [2.05, 4.69) is 5.32 Å². The first-order valence-corrected chi connectivity index (χ1v) is 12.3. The summed E-state index contributed by atoms with van der Waals surface area (Å²) in [6.07, 6.45) is 5.03. The SMILES string of the molecule is CSCC[C@H](NC(=O)[C@@H]1Cc2ccccc2CN1C(=O)[C@@H](N)CCSC)C(=O)O. The Morgan fingerprint density at radius 2 is 1.79 bits per heavy atom. The van der Waals surface area contributed by atoms with Crippen LogP contribution in [0.4, 0.5) is 0 Å². The summed E-state index contributed by atoms with van der Waals surface area (Å²) in [5, 5.41) is 12.1. The van der Waals surface area contributed by atoms with Gasteiger partial charge >= 0.3 is 5.97 Å². The third kappa shape index (κ3) is 6.38. The van der Waals surface area contributed by atoms with Crippen molar-refractivity contribution in [1.82, 2.24) is 10.2 Å². The van der Waals surface area contributed by atoms with E-state index >= 15 is 0 Å². The van der Waals surface area contributed by atoms with Gasteiger partial charge in [0.25, 0.3) is 0 Å². The Balaban J connectivity index is 2.23. The van der Waals surface area contributed by atoms with Gasteiger partial charge < -0.3 is 21.1 Å². The van der Waals surface area contributed by atoms with Crippen molar-refractivity contribution in [1.29, 1.82) is 0 Å². The number of thioether (sulfide) groups is 2. The molecule has 1 aromatic carbocycles. The molecule has 0 fully saturated rings. The molecule has 3 atom stereocenters. The van der Waals surface area contributed by atoms with E-state index in [9.17, 15) is 19.5 Å². The molecule has 0 aromatic heterocycles. The van der Waals surface area contributed by atoms with Crippen LogP contribution in [0, 0.1) is 0 Å². The summed E-state index contributed by atoms with van der Waals surface area (Å²) >= 11 is 3.13. The molecule has 9 heteroatoms. The number of carbonyl (C=O) groups is 3. The van der Waals surface area contributed by atoms with Crippen molar-refractivity contribution in [2.45, 2.75) is 43.9 Å². The molecule has 1 aromatic rings. The number of nitrogens with two attached hydrogens (primary N) is 1. The Bertz CT molecular complexity index is 731. The standard InChI is InChI=1S/C20H29N3O4S2/c1-28-9-7-15(21)19(25)23-12-14-6-4-3-5-13(14)11-17(23)18(24)22-16(20(26)27)8-10-29-2/h3-6,15-17H,7-12,21H2,1-2H3,(H,22,24)(H,26,27)/t15-,16-,17-/m0/s1. The van der Waals surface area contributed by atoms with Gasteiger partial charge in [0.2, 0.25) is 11.8 Å². The number of nitrogens with zero attached hydrogens (tertiary/aromatic N) is 1. The molecule has 29 heavy (non-hydrogen) atoms. The molecule has 0 unspecified atom stereocenters. The molecule has 1 heterocycles. The largest absolute Gasteiger partial charge is 0.480 e. The van der Waals surface area contributed by atoms with Gasteiger partial charge in [0.15, 0.2) is 0 Å². The fourth-order valence-corrected chi connectivity index (χ4v) is 4.29. The summed E-state index contributed by atoms with van der Waals surface area (Å²) in [5.74, 6) is -0.419. The number of nitrogens with one attached hydrogen (secondary N) is 1. The second kappa shape index (κ2) is 11.5. The zero-order chi connectivity index (χ0) is 21.4. The van der Waals surface area contributed by atoms with E-state index < -0.39 is 30.0 Å². The second-order valence-corrected chi connectivity index (χ2v) is 8.99. The molecule has 0 bridgehead atoms. The van der Waals surface area contributed by atoms with Crippen LogP contribution in [0.3, 0.4) is 0 Å². The Kier molecular flexibility index (Phi) is 9.32. The van der Waals surface area contributed by atoms with Gasteiger partial charge in [-0.1, -0.05) is 24.3 Å². The second-order valence-electron chi connectivity index (χ2n) is 7.02. The van der Waals surface area contributed by atoms with Crippen LogP contribution in [0.5, 0.6) is 0 Å². The van der Waals surface area contributed by atoms with Crippen molar-refractivity contribution in [2.24, 2.45) is 5.73 Å². The molecule has 0 saturated heterocycles. The average molecular weight is 440 g/mol. The lowest BCUT2D eigenvalue weighted by Gasteiger charge is -2.37. The van der Waals surface area contributed by atoms with Crippen LogP contribution in [-0.4, -0.2) is 69.9 Å². The average Bonchev–Trinajstić information content (AvgIpc) is 2.72. The Hall–Kier alpha value is -1.71. The number of hydrogen-bond acceptors (Lipinski definition) is 6. The Morgan fingerprint density at radius 1 is 1.17 bits per heavy atom. The minimum atomic E-state index is -1.07. The van der Waals surface area contributed by atoms with Gasteiger partial charge in [-0.3, -0.25) is 9.59 Å². The number of carbonyl (C=O) groups excluding carboxylic acids is 2. The first-order chi connectivity index (χ1) is 13.9. The van der Waals surface area contributed by atoms with Crippen molar-refractivity contribution in [2.75, 3.05) is 24.0 Å². The molecule has 2 rings (SSSR count). The lowest BCUT2D eigenvalue weighted by molar-refractivity contribution is -0.146. The highest BCUT2D eigenvalue weighted by molar-refractivity contribution is 7.98. The molecule has 0 radical (unpaired) electrons. The van der Waals surface area contributed by atoms with Gasteiger partial charge in [-0.25, -0.2) is 4.79 Å². The fraction of sp³-hybridized carbons (Fsp3) is 0.550. The maximum atomic E-state index is 13.0. The lowest BCUT2D eigenvalue weighted by Crippen LogP contribution is -2.58. The molecular weight excluding hydrogens is 410 g/mol. The molecule has 1 aliphatic heterocycles. The summed E-state index contributed by atoms with van der Waals surface area (Å²) < 4.78 is 0. The van der Waals surface area contributed by atoms with Gasteiger partial charge in [0.1, 0.15) is 12.1 Å². The molecular formula is C20H29N3O4S2. The minimum Gasteiger partial charge on any atom is -0.480 e. The minimum absolute atomic E-state index is 0.273. The molecule has 0 saturated carbocycles. The van der Waals surface area contributed by atoms with Gasteiger partial charge in [0.05, 0.1) is 6.04 Å². The van der Waals surface area contributed by atoms with E-state index in [0.717, 1.165) is 16.9 Å². The van der Waals surface area contributed by atoms with Crippen LogP contribution < -0.4 is 11.1 Å². The Labute approximate surface area is 180 Å². The number of amides is 2. The molecule has 1 aliphatic rings. The highest BCUT2D eigenvalue weighted by atomic mass is 32.2. The summed E-state index contributed by atoms with van der Waals surface area (Å²) in [6.45, 7) is 0.294. The molecule has 0 spiro atoms. The maximum absolute atomic E-state index is 13.0. The number of aliphatic carboxylic acids is 1. The number of benzene rings is 1. The van der Waals surface area contributed by atoms with Gasteiger partial charge in [-0.2, -0.15) is 23.5 Å². The van der Waals surface area contributed by atoms with E-state index in [1.807, 2.05) is 36.8 Å². The van der Waals surface area contributed by atoms with Crippen LogP contribution in [0.2, 0.25) is 0 Å². The topological polar surface area (TPSA) is 113 Å². The van der Waals surface area contributed by atoms with Crippen LogP contribution in [0.15, 0.2) is 24.3 Å². The van der Waals surface area contributed by atoms with E-state index in [-0.39, 0.29) is 5.91 Å². The highest BCUT2D eigenvalue weighted by Gasteiger charge is 2.37. The number of carboxylic acid groups (broad SMARTS) is 1. The first kappa shape index (κ1) is 23.6. The summed E-state index contributed by atoms with van der Waals surface area (Å²) in [5.41, 5.74) is 8.07. The number of hydrogen-bond donors (Lipinski definition) is 3. The zero-order valence-corrected chi connectivity index (χ0v) is 18.4.